The Labute approximate surface area is 145 Å². The molecule has 1 fully saturated rings. The van der Waals surface area contributed by atoms with Crippen LogP contribution in [-0.4, -0.2) is 44.7 Å². The number of amides is 1. The predicted molar refractivity (Wildman–Crippen MR) is 94.4 cm³/mol. The van der Waals surface area contributed by atoms with Gasteiger partial charge in [-0.05, 0) is 17.7 Å². The zero-order valence-electron chi connectivity index (χ0n) is 13.7. The van der Waals surface area contributed by atoms with Crippen LogP contribution in [0, 0.1) is 0 Å². The number of carbonyl (C=O) groups is 1. The van der Waals surface area contributed by atoms with Crippen molar-refractivity contribution in [2.45, 2.75) is 12.0 Å². The molecule has 0 aliphatic carbocycles. The molecular formula is C19H19N5O. The van der Waals surface area contributed by atoms with E-state index < -0.39 is 0 Å². The molecule has 6 heteroatoms. The molecule has 1 saturated heterocycles. The standard InChI is InChI=1S/C19H19N5O/c20-17-11-23(10-16(17)14-6-2-1-3-7-14)19(25)15-8-4-5-9-18(15)24-13-21-12-22-24/h1-9,12-13,16-17H,10-11,20H2/t16-,17+/m1/s1. The fourth-order valence-corrected chi connectivity index (χ4v) is 3.40. The number of aromatic nitrogens is 3. The van der Waals surface area contributed by atoms with Crippen molar-refractivity contribution in [3.63, 3.8) is 0 Å². The summed E-state index contributed by atoms with van der Waals surface area (Å²) in [5.74, 6) is 0.128. The van der Waals surface area contributed by atoms with Crippen LogP contribution in [0.5, 0.6) is 0 Å². The van der Waals surface area contributed by atoms with Crippen molar-refractivity contribution in [2.75, 3.05) is 13.1 Å². The largest absolute Gasteiger partial charge is 0.336 e. The molecule has 0 unspecified atom stereocenters. The maximum absolute atomic E-state index is 13.1. The third-order valence-corrected chi connectivity index (χ3v) is 4.68. The van der Waals surface area contributed by atoms with Crippen LogP contribution in [0.1, 0.15) is 21.8 Å². The van der Waals surface area contributed by atoms with E-state index in [1.165, 1.54) is 11.9 Å². The van der Waals surface area contributed by atoms with Gasteiger partial charge in [-0.15, -0.1) is 0 Å². The number of nitrogens with zero attached hydrogens (tertiary/aromatic N) is 4. The highest BCUT2D eigenvalue weighted by Gasteiger charge is 2.34. The summed E-state index contributed by atoms with van der Waals surface area (Å²) >= 11 is 0. The molecular weight excluding hydrogens is 314 g/mol. The Morgan fingerprint density at radius 2 is 1.80 bits per heavy atom. The summed E-state index contributed by atoms with van der Waals surface area (Å²) in [5, 5.41) is 4.14. The number of para-hydroxylation sites is 1. The Morgan fingerprint density at radius 1 is 1.04 bits per heavy atom. The molecule has 0 bridgehead atoms. The van der Waals surface area contributed by atoms with Crippen molar-refractivity contribution >= 4 is 5.91 Å². The van der Waals surface area contributed by atoms with Crippen LogP contribution < -0.4 is 5.73 Å². The van der Waals surface area contributed by atoms with Crippen molar-refractivity contribution in [2.24, 2.45) is 5.73 Å². The highest BCUT2D eigenvalue weighted by Crippen LogP contribution is 2.28. The Morgan fingerprint density at radius 3 is 2.56 bits per heavy atom. The number of likely N-dealkylation sites (tertiary alicyclic amines) is 1. The third kappa shape index (κ3) is 2.92. The summed E-state index contributed by atoms with van der Waals surface area (Å²) in [6.07, 6.45) is 3.05. The Balaban J connectivity index is 1.61. The van der Waals surface area contributed by atoms with Crippen molar-refractivity contribution in [1.29, 1.82) is 0 Å². The van der Waals surface area contributed by atoms with Crippen LogP contribution in [-0.2, 0) is 0 Å². The van der Waals surface area contributed by atoms with Crippen LogP contribution in [0.25, 0.3) is 5.69 Å². The van der Waals surface area contributed by atoms with E-state index in [2.05, 4.69) is 22.2 Å². The maximum Gasteiger partial charge on any atom is 0.256 e. The molecule has 3 aromatic rings. The lowest BCUT2D eigenvalue weighted by Gasteiger charge is -2.18. The molecule has 1 aliphatic rings. The zero-order chi connectivity index (χ0) is 17.2. The van der Waals surface area contributed by atoms with E-state index in [1.54, 1.807) is 11.0 Å². The monoisotopic (exact) mass is 333 g/mol. The number of carbonyl (C=O) groups excluding carboxylic acids is 1. The molecule has 2 aromatic carbocycles. The fourth-order valence-electron chi connectivity index (χ4n) is 3.40. The van der Waals surface area contributed by atoms with Crippen LogP contribution >= 0.6 is 0 Å². The van der Waals surface area contributed by atoms with Crippen molar-refractivity contribution < 1.29 is 4.79 Å². The van der Waals surface area contributed by atoms with Gasteiger partial charge in [-0.3, -0.25) is 4.79 Å². The lowest BCUT2D eigenvalue weighted by Crippen LogP contribution is -2.32. The maximum atomic E-state index is 13.1. The SMILES string of the molecule is N[C@H]1CN(C(=O)c2ccccc2-n2cncn2)C[C@@H]1c1ccccc1. The number of benzene rings is 2. The topological polar surface area (TPSA) is 77.0 Å². The summed E-state index contributed by atoms with van der Waals surface area (Å²) < 4.78 is 1.61. The Bertz CT molecular complexity index is 863. The van der Waals surface area contributed by atoms with Gasteiger partial charge in [-0.1, -0.05) is 42.5 Å². The van der Waals surface area contributed by atoms with E-state index in [-0.39, 0.29) is 17.9 Å². The minimum atomic E-state index is -0.0649. The quantitative estimate of drug-likeness (QED) is 0.793. The molecule has 126 valence electrons. The van der Waals surface area contributed by atoms with Gasteiger partial charge in [0.2, 0.25) is 0 Å². The van der Waals surface area contributed by atoms with Gasteiger partial charge in [0.05, 0.1) is 11.3 Å². The summed E-state index contributed by atoms with van der Waals surface area (Å²) in [6.45, 7) is 1.17. The Hall–Kier alpha value is -2.99. The van der Waals surface area contributed by atoms with Gasteiger partial charge in [-0.25, -0.2) is 9.67 Å². The molecule has 2 atom stereocenters. The van der Waals surface area contributed by atoms with Crippen LogP contribution in [0.2, 0.25) is 0 Å². The molecule has 1 amide bonds. The van der Waals surface area contributed by atoms with E-state index in [0.29, 0.717) is 18.7 Å². The molecule has 0 spiro atoms. The highest BCUT2D eigenvalue weighted by molar-refractivity contribution is 5.98. The molecule has 2 heterocycles. The minimum absolute atomic E-state index is 0.0278. The average molecular weight is 333 g/mol. The number of hydrogen-bond donors (Lipinski definition) is 1. The first-order valence-electron chi connectivity index (χ1n) is 8.28. The van der Waals surface area contributed by atoms with E-state index >= 15 is 0 Å². The first kappa shape index (κ1) is 15.5. The molecule has 1 aliphatic heterocycles. The van der Waals surface area contributed by atoms with E-state index in [4.69, 9.17) is 5.73 Å². The average Bonchev–Trinajstić information content (AvgIpc) is 3.32. The predicted octanol–water partition coefficient (Wildman–Crippen LogP) is 1.83. The molecule has 6 nitrogen and oxygen atoms in total. The van der Waals surface area contributed by atoms with Crippen LogP contribution in [0.15, 0.2) is 67.3 Å². The summed E-state index contributed by atoms with van der Waals surface area (Å²) in [4.78, 5) is 18.9. The number of hydrogen-bond acceptors (Lipinski definition) is 4. The first-order chi connectivity index (χ1) is 12.2. The third-order valence-electron chi connectivity index (χ3n) is 4.68. The first-order valence-corrected chi connectivity index (χ1v) is 8.28. The van der Waals surface area contributed by atoms with E-state index in [0.717, 1.165) is 5.69 Å². The van der Waals surface area contributed by atoms with Gasteiger partial charge < -0.3 is 10.6 Å². The van der Waals surface area contributed by atoms with Crippen molar-refractivity contribution in [1.82, 2.24) is 19.7 Å². The van der Waals surface area contributed by atoms with Crippen molar-refractivity contribution in [3.05, 3.63) is 78.4 Å². The van der Waals surface area contributed by atoms with Gasteiger partial charge in [0.25, 0.3) is 5.91 Å². The smallest absolute Gasteiger partial charge is 0.256 e. The number of rotatable bonds is 3. The molecule has 25 heavy (non-hydrogen) atoms. The van der Waals surface area contributed by atoms with E-state index in [1.807, 2.05) is 47.4 Å². The summed E-state index contributed by atoms with van der Waals surface area (Å²) in [7, 11) is 0. The fraction of sp³-hybridized carbons (Fsp3) is 0.211. The van der Waals surface area contributed by atoms with Crippen LogP contribution in [0.4, 0.5) is 0 Å². The van der Waals surface area contributed by atoms with Gasteiger partial charge in [0, 0.05) is 25.0 Å². The van der Waals surface area contributed by atoms with Gasteiger partial charge >= 0.3 is 0 Å². The molecule has 0 saturated carbocycles. The summed E-state index contributed by atoms with van der Waals surface area (Å²) in [5.41, 5.74) is 8.83. The second-order valence-electron chi connectivity index (χ2n) is 6.25. The number of nitrogens with two attached hydrogens (primary N) is 1. The normalized spacial score (nSPS) is 20.0. The van der Waals surface area contributed by atoms with Gasteiger partial charge in [0.15, 0.2) is 0 Å². The Kier molecular flexibility index (Phi) is 4.03. The molecule has 0 radical (unpaired) electrons. The van der Waals surface area contributed by atoms with Crippen LogP contribution in [0.3, 0.4) is 0 Å². The second-order valence-corrected chi connectivity index (χ2v) is 6.25. The minimum Gasteiger partial charge on any atom is -0.336 e. The lowest BCUT2D eigenvalue weighted by molar-refractivity contribution is 0.0789. The molecule has 2 N–H and O–H groups in total. The lowest BCUT2D eigenvalue weighted by atomic mass is 9.95. The highest BCUT2D eigenvalue weighted by atomic mass is 16.2. The molecule has 4 rings (SSSR count). The molecule has 1 aromatic heterocycles. The van der Waals surface area contributed by atoms with E-state index in [9.17, 15) is 4.79 Å². The summed E-state index contributed by atoms with van der Waals surface area (Å²) in [6, 6.07) is 17.5. The zero-order valence-corrected chi connectivity index (χ0v) is 13.7. The van der Waals surface area contributed by atoms with Gasteiger partial charge in [0.1, 0.15) is 12.7 Å². The van der Waals surface area contributed by atoms with Crippen molar-refractivity contribution in [3.8, 4) is 5.69 Å². The second kappa shape index (κ2) is 6.49. The van der Waals surface area contributed by atoms with Gasteiger partial charge in [-0.2, -0.15) is 5.10 Å².